The molecule has 0 spiro atoms. The molecule has 1 fully saturated rings. The van der Waals surface area contributed by atoms with Crippen molar-refractivity contribution in [3.05, 3.63) is 45.8 Å². The number of carbonyl (C=O) groups excluding carboxylic acids is 1. The number of hydrogen-bond donors (Lipinski definition) is 1. The maximum absolute atomic E-state index is 14.3. The van der Waals surface area contributed by atoms with Crippen LogP contribution in [0.2, 0.25) is 0 Å². The molecule has 3 aromatic rings. The van der Waals surface area contributed by atoms with Crippen LogP contribution in [-0.2, 0) is 4.74 Å². The van der Waals surface area contributed by atoms with E-state index in [1.807, 2.05) is 0 Å². The third-order valence-electron chi connectivity index (χ3n) is 4.18. The van der Waals surface area contributed by atoms with Crippen LogP contribution in [0.25, 0.3) is 22.6 Å². The van der Waals surface area contributed by atoms with Crippen LogP contribution in [0.5, 0.6) is 0 Å². The number of halogens is 2. The zero-order valence-electron chi connectivity index (χ0n) is 13.5. The number of carbonyl (C=O) groups is 1. The molecule has 1 N–H and O–H groups in total. The lowest BCUT2D eigenvalue weighted by Crippen LogP contribution is -2.08. The molecule has 1 aromatic carbocycles. The molecule has 25 heavy (non-hydrogen) atoms. The first-order valence-electron chi connectivity index (χ1n) is 8.10. The molecule has 0 saturated heterocycles. The predicted molar refractivity (Wildman–Crippen MR) is 94.9 cm³/mol. The highest BCUT2D eigenvalue weighted by molar-refractivity contribution is 9.10. The molecule has 0 radical (unpaired) electrons. The lowest BCUT2D eigenvalue weighted by atomic mass is 10.1. The Labute approximate surface area is 151 Å². The van der Waals surface area contributed by atoms with Crippen LogP contribution in [-0.4, -0.2) is 27.5 Å². The summed E-state index contributed by atoms with van der Waals surface area (Å²) in [5.74, 6) is -0.0742. The van der Waals surface area contributed by atoms with Gasteiger partial charge in [0.2, 0.25) is 0 Å². The van der Waals surface area contributed by atoms with Gasteiger partial charge in [0, 0.05) is 4.47 Å². The Balaban J connectivity index is 1.86. The van der Waals surface area contributed by atoms with E-state index in [4.69, 9.17) is 4.74 Å². The van der Waals surface area contributed by atoms with Gasteiger partial charge in [-0.2, -0.15) is 0 Å². The molecular formula is C18H15BrFN3O2. The number of esters is 1. The number of aromatic amines is 1. The highest BCUT2D eigenvalue weighted by atomic mass is 79.9. The van der Waals surface area contributed by atoms with E-state index in [0.717, 1.165) is 23.9 Å². The number of pyridine rings is 1. The highest BCUT2D eigenvalue weighted by Crippen LogP contribution is 2.43. The van der Waals surface area contributed by atoms with Crippen molar-refractivity contribution < 1.29 is 13.9 Å². The maximum Gasteiger partial charge on any atom is 0.357 e. The Morgan fingerprint density at radius 3 is 2.84 bits per heavy atom. The van der Waals surface area contributed by atoms with Gasteiger partial charge in [0.25, 0.3) is 0 Å². The summed E-state index contributed by atoms with van der Waals surface area (Å²) in [5, 5.41) is 0. The lowest BCUT2D eigenvalue weighted by Gasteiger charge is -2.04. The molecular weight excluding hydrogens is 389 g/mol. The van der Waals surface area contributed by atoms with Gasteiger partial charge in [-0.25, -0.2) is 19.2 Å². The largest absolute Gasteiger partial charge is 0.461 e. The van der Waals surface area contributed by atoms with Crippen LogP contribution in [0, 0.1) is 5.82 Å². The minimum atomic E-state index is -0.467. The molecule has 1 aliphatic rings. The van der Waals surface area contributed by atoms with Crippen molar-refractivity contribution in [1.29, 1.82) is 0 Å². The number of nitrogens with one attached hydrogen (secondary N) is 1. The average Bonchev–Trinajstić information content (AvgIpc) is 3.33. The second-order valence-electron chi connectivity index (χ2n) is 6.00. The number of hydrogen-bond acceptors (Lipinski definition) is 4. The molecule has 1 saturated carbocycles. The van der Waals surface area contributed by atoms with E-state index in [9.17, 15) is 9.18 Å². The Kier molecular flexibility index (Phi) is 4.03. The van der Waals surface area contributed by atoms with Crippen molar-refractivity contribution >= 4 is 33.1 Å². The Morgan fingerprint density at radius 2 is 2.16 bits per heavy atom. The van der Waals surface area contributed by atoms with Gasteiger partial charge in [-0.05, 0) is 55.5 Å². The van der Waals surface area contributed by atoms with Crippen molar-refractivity contribution in [2.45, 2.75) is 25.7 Å². The SMILES string of the molecule is CCOC(=O)c1cc(C2CC2)c2[nH]c(-c3ccc(Br)cc3F)nc2n1. The van der Waals surface area contributed by atoms with E-state index in [2.05, 4.69) is 30.9 Å². The van der Waals surface area contributed by atoms with Crippen LogP contribution in [0.3, 0.4) is 0 Å². The van der Waals surface area contributed by atoms with Gasteiger partial charge in [0.15, 0.2) is 11.3 Å². The maximum atomic E-state index is 14.3. The molecule has 0 atom stereocenters. The summed E-state index contributed by atoms with van der Waals surface area (Å²) in [4.78, 5) is 24.0. The number of fused-ring (bicyclic) bond motifs is 1. The minimum Gasteiger partial charge on any atom is -0.461 e. The van der Waals surface area contributed by atoms with E-state index in [1.54, 1.807) is 25.1 Å². The second kappa shape index (κ2) is 6.22. The van der Waals surface area contributed by atoms with Gasteiger partial charge in [-0.3, -0.25) is 0 Å². The summed E-state index contributed by atoms with van der Waals surface area (Å²) < 4.78 is 20.0. The van der Waals surface area contributed by atoms with Gasteiger partial charge < -0.3 is 9.72 Å². The van der Waals surface area contributed by atoms with Gasteiger partial charge in [0.1, 0.15) is 11.6 Å². The standard InChI is InChI=1S/C18H15BrFN3O2/c1-2-25-18(24)14-8-12(9-3-4-9)15-17(21-14)23-16(22-15)11-6-5-10(19)7-13(11)20/h5-9H,2-4H2,1H3,(H,21,22,23). The third kappa shape index (κ3) is 3.04. The van der Waals surface area contributed by atoms with Crippen LogP contribution in [0.1, 0.15) is 41.7 Å². The first-order chi connectivity index (χ1) is 12.1. The second-order valence-corrected chi connectivity index (χ2v) is 6.92. The summed E-state index contributed by atoms with van der Waals surface area (Å²) in [6.07, 6.45) is 2.12. The molecule has 1 aliphatic carbocycles. The van der Waals surface area contributed by atoms with Gasteiger partial charge >= 0.3 is 5.97 Å². The fourth-order valence-corrected chi connectivity index (χ4v) is 3.18. The van der Waals surface area contributed by atoms with Crippen LogP contribution >= 0.6 is 15.9 Å². The molecule has 5 nitrogen and oxygen atoms in total. The fourth-order valence-electron chi connectivity index (χ4n) is 2.85. The molecule has 2 aromatic heterocycles. The Morgan fingerprint density at radius 1 is 1.36 bits per heavy atom. The zero-order chi connectivity index (χ0) is 17.6. The van der Waals surface area contributed by atoms with Crippen molar-refractivity contribution in [2.75, 3.05) is 6.61 Å². The number of nitrogens with zero attached hydrogens (tertiary/aromatic N) is 2. The summed E-state index contributed by atoms with van der Waals surface area (Å²) in [5.41, 5.74) is 2.76. The van der Waals surface area contributed by atoms with Crippen LogP contribution in [0.15, 0.2) is 28.7 Å². The lowest BCUT2D eigenvalue weighted by molar-refractivity contribution is 0.0520. The van der Waals surface area contributed by atoms with E-state index < -0.39 is 5.97 Å². The van der Waals surface area contributed by atoms with Crippen LogP contribution < -0.4 is 0 Å². The molecule has 0 amide bonds. The fraction of sp³-hybridized carbons (Fsp3) is 0.278. The van der Waals surface area contributed by atoms with Crippen LogP contribution in [0.4, 0.5) is 4.39 Å². The molecule has 7 heteroatoms. The normalized spacial score (nSPS) is 14.0. The van der Waals surface area contributed by atoms with E-state index in [-0.39, 0.29) is 18.1 Å². The minimum absolute atomic E-state index is 0.241. The smallest absolute Gasteiger partial charge is 0.357 e. The van der Waals surface area contributed by atoms with Crippen molar-refractivity contribution in [1.82, 2.24) is 15.0 Å². The molecule has 0 aliphatic heterocycles. The number of benzene rings is 1. The number of imidazole rings is 1. The number of H-pyrrole nitrogens is 1. The summed E-state index contributed by atoms with van der Waals surface area (Å²) in [6, 6.07) is 6.56. The first-order valence-corrected chi connectivity index (χ1v) is 8.89. The van der Waals surface area contributed by atoms with Crippen molar-refractivity contribution in [3.63, 3.8) is 0 Å². The topological polar surface area (TPSA) is 67.9 Å². The monoisotopic (exact) mass is 403 g/mol. The molecule has 0 bridgehead atoms. The van der Waals surface area contributed by atoms with Crippen molar-refractivity contribution in [3.8, 4) is 11.4 Å². The average molecular weight is 404 g/mol. The first kappa shape index (κ1) is 16.2. The summed E-state index contributed by atoms with van der Waals surface area (Å²) >= 11 is 3.25. The predicted octanol–water partition coefficient (Wildman–Crippen LogP) is 4.58. The van der Waals surface area contributed by atoms with Gasteiger partial charge in [-0.1, -0.05) is 15.9 Å². The number of rotatable bonds is 4. The summed E-state index contributed by atoms with van der Waals surface area (Å²) in [7, 11) is 0. The third-order valence-corrected chi connectivity index (χ3v) is 4.67. The summed E-state index contributed by atoms with van der Waals surface area (Å²) in [6.45, 7) is 2.04. The molecule has 2 heterocycles. The molecule has 0 unspecified atom stereocenters. The quantitative estimate of drug-likeness (QED) is 0.647. The zero-order valence-corrected chi connectivity index (χ0v) is 15.1. The highest BCUT2D eigenvalue weighted by Gasteiger charge is 2.29. The number of ether oxygens (including phenoxy) is 1. The van der Waals surface area contributed by atoms with E-state index in [1.165, 1.54) is 6.07 Å². The molecule has 4 rings (SSSR count). The molecule has 128 valence electrons. The van der Waals surface area contributed by atoms with E-state index >= 15 is 0 Å². The van der Waals surface area contributed by atoms with Gasteiger partial charge in [-0.15, -0.1) is 0 Å². The van der Waals surface area contributed by atoms with Crippen molar-refractivity contribution in [2.24, 2.45) is 0 Å². The number of aromatic nitrogens is 3. The van der Waals surface area contributed by atoms with Gasteiger partial charge in [0.05, 0.1) is 17.7 Å². The Hall–Kier alpha value is -2.28. The Bertz CT molecular complexity index is 982. The van der Waals surface area contributed by atoms with E-state index in [0.29, 0.717) is 27.4 Å².